The first-order chi connectivity index (χ1) is 15.3. The molecule has 0 aliphatic carbocycles. The number of piperazine rings is 1. The summed E-state index contributed by atoms with van der Waals surface area (Å²) >= 11 is 0. The molecule has 4 rings (SSSR count). The molecule has 1 N–H and O–H groups in total. The van der Waals surface area contributed by atoms with Crippen molar-refractivity contribution >= 4 is 12.1 Å². The van der Waals surface area contributed by atoms with Crippen LogP contribution in [0.2, 0.25) is 0 Å². The maximum Gasteiger partial charge on any atom is 0.241 e. The zero-order chi connectivity index (χ0) is 21.3. The number of rotatable bonds is 8. The molecule has 1 aromatic heterocycles. The first-order valence-corrected chi connectivity index (χ1v) is 10.7. The zero-order valence-corrected chi connectivity index (χ0v) is 17.6. The van der Waals surface area contributed by atoms with E-state index < -0.39 is 0 Å². The van der Waals surface area contributed by atoms with E-state index in [0.29, 0.717) is 12.2 Å². The number of carbonyl (C=O) groups is 1. The summed E-state index contributed by atoms with van der Waals surface area (Å²) in [6.07, 6.45) is 3.50. The summed E-state index contributed by atoms with van der Waals surface area (Å²) < 4.78 is 5.15. The fourth-order valence-corrected chi connectivity index (χ4v) is 3.98. The van der Waals surface area contributed by atoms with Gasteiger partial charge in [-0.1, -0.05) is 60.7 Å². The molecule has 0 saturated carbocycles. The molecule has 0 spiro atoms. The van der Waals surface area contributed by atoms with Gasteiger partial charge in [0.25, 0.3) is 0 Å². The molecule has 3 aromatic rings. The Kier molecular flexibility index (Phi) is 7.26. The number of hydrogen-bond acceptors (Lipinski definition) is 5. The molecule has 1 fully saturated rings. The van der Waals surface area contributed by atoms with Crippen LogP contribution < -0.4 is 5.43 Å². The normalized spacial score (nSPS) is 15.5. The smallest absolute Gasteiger partial charge is 0.241 e. The van der Waals surface area contributed by atoms with Crippen LogP contribution in [0.5, 0.6) is 0 Å². The molecule has 1 saturated heterocycles. The van der Waals surface area contributed by atoms with Crippen molar-refractivity contribution in [1.82, 2.24) is 15.2 Å². The summed E-state index contributed by atoms with van der Waals surface area (Å²) in [7, 11) is 0. The fourth-order valence-electron chi connectivity index (χ4n) is 3.98. The third-order valence-electron chi connectivity index (χ3n) is 5.58. The Hall–Kier alpha value is -3.22. The highest BCUT2D eigenvalue weighted by molar-refractivity contribution is 5.80. The average molecular weight is 417 g/mol. The van der Waals surface area contributed by atoms with E-state index >= 15 is 0 Å². The van der Waals surface area contributed by atoms with Crippen LogP contribution in [0.1, 0.15) is 29.3 Å². The molecule has 31 heavy (non-hydrogen) atoms. The Morgan fingerprint density at radius 3 is 2.16 bits per heavy atom. The molecule has 1 aliphatic heterocycles. The van der Waals surface area contributed by atoms with Crippen molar-refractivity contribution in [3.05, 3.63) is 95.9 Å². The van der Waals surface area contributed by atoms with Crippen LogP contribution in [0, 0.1) is 0 Å². The molecular formula is C25H28N4O2. The Morgan fingerprint density at radius 1 is 0.935 bits per heavy atom. The molecule has 6 heteroatoms. The second-order valence-corrected chi connectivity index (χ2v) is 7.66. The lowest BCUT2D eigenvalue weighted by molar-refractivity contribution is -0.121. The molecule has 160 valence electrons. The first-order valence-electron chi connectivity index (χ1n) is 10.7. The molecule has 0 bridgehead atoms. The first kappa shape index (κ1) is 21.0. The minimum atomic E-state index is -0.0864. The lowest BCUT2D eigenvalue weighted by atomic mass is 9.96. The standard InChI is InChI=1S/C25H28N4O2/c30-24(27-26-20-23-12-7-19-31-23)13-14-28-15-17-29(18-16-28)25(21-8-3-1-4-9-21)22-10-5-2-6-11-22/h1-12,19-20,25H,13-18H2,(H,27,30)/b26-20-. The van der Waals surface area contributed by atoms with E-state index in [9.17, 15) is 4.79 Å². The van der Waals surface area contributed by atoms with Gasteiger partial charge in [-0.3, -0.25) is 9.69 Å². The van der Waals surface area contributed by atoms with Crippen molar-refractivity contribution in [3.8, 4) is 0 Å². The van der Waals surface area contributed by atoms with Crippen LogP contribution in [0.15, 0.2) is 88.6 Å². The van der Waals surface area contributed by atoms with Crippen molar-refractivity contribution in [3.63, 3.8) is 0 Å². The predicted octanol–water partition coefficient (Wildman–Crippen LogP) is 3.53. The molecule has 0 atom stereocenters. The maximum absolute atomic E-state index is 12.1. The predicted molar refractivity (Wildman–Crippen MR) is 122 cm³/mol. The van der Waals surface area contributed by atoms with E-state index in [0.717, 1.165) is 32.7 Å². The average Bonchev–Trinajstić information content (AvgIpc) is 3.34. The van der Waals surface area contributed by atoms with Gasteiger partial charge in [-0.15, -0.1) is 0 Å². The monoisotopic (exact) mass is 416 g/mol. The third kappa shape index (κ3) is 5.90. The van der Waals surface area contributed by atoms with Gasteiger partial charge in [0, 0.05) is 39.1 Å². The summed E-state index contributed by atoms with van der Waals surface area (Å²) in [6, 6.07) is 25.2. The van der Waals surface area contributed by atoms with E-state index in [1.807, 2.05) is 0 Å². The molecule has 0 unspecified atom stereocenters. The number of benzene rings is 2. The molecule has 0 radical (unpaired) electrons. The van der Waals surface area contributed by atoms with Gasteiger partial charge >= 0.3 is 0 Å². The topological polar surface area (TPSA) is 61.1 Å². The molecule has 2 aromatic carbocycles. The molecule has 6 nitrogen and oxygen atoms in total. The van der Waals surface area contributed by atoms with Crippen LogP contribution in [-0.4, -0.2) is 54.6 Å². The van der Waals surface area contributed by atoms with Gasteiger partial charge in [-0.05, 0) is 23.3 Å². The summed E-state index contributed by atoms with van der Waals surface area (Å²) in [5.41, 5.74) is 5.20. The van der Waals surface area contributed by atoms with E-state index in [-0.39, 0.29) is 11.9 Å². The van der Waals surface area contributed by atoms with Crippen molar-refractivity contribution < 1.29 is 9.21 Å². The van der Waals surface area contributed by atoms with E-state index in [1.54, 1.807) is 18.4 Å². The second kappa shape index (κ2) is 10.7. The summed E-state index contributed by atoms with van der Waals surface area (Å²) in [4.78, 5) is 16.9. The molecule has 1 amide bonds. The lowest BCUT2D eigenvalue weighted by Gasteiger charge is -2.39. The van der Waals surface area contributed by atoms with Crippen LogP contribution >= 0.6 is 0 Å². The van der Waals surface area contributed by atoms with Crippen LogP contribution in [0.25, 0.3) is 0 Å². The lowest BCUT2D eigenvalue weighted by Crippen LogP contribution is -2.48. The largest absolute Gasteiger partial charge is 0.463 e. The van der Waals surface area contributed by atoms with Gasteiger partial charge in [0.2, 0.25) is 5.91 Å². The maximum atomic E-state index is 12.1. The summed E-state index contributed by atoms with van der Waals surface area (Å²) in [5.74, 6) is 0.527. The Balaban J connectivity index is 1.28. The van der Waals surface area contributed by atoms with Crippen LogP contribution in [-0.2, 0) is 4.79 Å². The quantitative estimate of drug-likeness (QED) is 0.451. The van der Waals surface area contributed by atoms with Crippen molar-refractivity contribution in [2.75, 3.05) is 32.7 Å². The molecule has 1 aliphatic rings. The number of nitrogens with zero attached hydrogens (tertiary/aromatic N) is 3. The number of amides is 1. The minimum absolute atomic E-state index is 0.0864. The molecule has 2 heterocycles. The third-order valence-corrected chi connectivity index (χ3v) is 5.58. The number of furan rings is 1. The Labute approximate surface area is 183 Å². The second-order valence-electron chi connectivity index (χ2n) is 7.66. The number of carbonyl (C=O) groups excluding carboxylic acids is 1. The highest BCUT2D eigenvalue weighted by Gasteiger charge is 2.26. The zero-order valence-electron chi connectivity index (χ0n) is 17.6. The SMILES string of the molecule is O=C(CCN1CCN(C(c2ccccc2)c2ccccc2)CC1)N/N=C\c1ccco1. The molecular weight excluding hydrogens is 388 g/mol. The van der Waals surface area contributed by atoms with Crippen LogP contribution in [0.4, 0.5) is 0 Å². The number of nitrogens with one attached hydrogen (secondary N) is 1. The van der Waals surface area contributed by atoms with E-state index in [2.05, 4.69) is 81.0 Å². The highest BCUT2D eigenvalue weighted by Crippen LogP contribution is 2.29. The van der Waals surface area contributed by atoms with E-state index in [4.69, 9.17) is 4.42 Å². The highest BCUT2D eigenvalue weighted by atomic mass is 16.3. The number of hydrogen-bond donors (Lipinski definition) is 1. The van der Waals surface area contributed by atoms with Crippen molar-refractivity contribution in [1.29, 1.82) is 0 Å². The van der Waals surface area contributed by atoms with Gasteiger partial charge in [-0.2, -0.15) is 5.10 Å². The summed E-state index contributed by atoms with van der Waals surface area (Å²) in [5, 5.41) is 3.93. The Bertz CT molecular complexity index is 910. The van der Waals surface area contributed by atoms with Gasteiger partial charge in [0.15, 0.2) is 0 Å². The van der Waals surface area contributed by atoms with Crippen molar-refractivity contribution in [2.24, 2.45) is 5.10 Å². The van der Waals surface area contributed by atoms with Crippen LogP contribution in [0.3, 0.4) is 0 Å². The minimum Gasteiger partial charge on any atom is -0.463 e. The summed E-state index contributed by atoms with van der Waals surface area (Å²) in [6.45, 7) is 4.55. The van der Waals surface area contributed by atoms with Gasteiger partial charge in [0.1, 0.15) is 5.76 Å². The van der Waals surface area contributed by atoms with Gasteiger partial charge < -0.3 is 9.32 Å². The Morgan fingerprint density at radius 2 is 1.58 bits per heavy atom. The number of hydrazone groups is 1. The van der Waals surface area contributed by atoms with Gasteiger partial charge in [-0.25, -0.2) is 5.43 Å². The van der Waals surface area contributed by atoms with E-state index in [1.165, 1.54) is 17.3 Å². The van der Waals surface area contributed by atoms with Gasteiger partial charge in [0.05, 0.1) is 18.5 Å². The fraction of sp³-hybridized carbons (Fsp3) is 0.280. The van der Waals surface area contributed by atoms with Crippen molar-refractivity contribution in [2.45, 2.75) is 12.5 Å².